The van der Waals surface area contributed by atoms with Crippen LogP contribution in [0.1, 0.15) is 53.4 Å². The molecule has 1 amide bonds. The Balaban J connectivity index is 0.000000492. The van der Waals surface area contributed by atoms with Gasteiger partial charge in [-0.15, -0.1) is 0 Å². The number of rotatable bonds is 2. The molecule has 104 valence electrons. The molecule has 0 aromatic heterocycles. The molecule has 2 heterocycles. The summed E-state index contributed by atoms with van der Waals surface area (Å²) in [5.41, 5.74) is 0. The number of esters is 1. The number of hydrogen-bond donors (Lipinski definition) is 1. The topological polar surface area (TPSA) is 55.4 Å². The molecule has 0 radical (unpaired) electrons. The van der Waals surface area contributed by atoms with Gasteiger partial charge in [-0.1, -0.05) is 34.1 Å². The maximum Gasteiger partial charge on any atom is 0.309 e. The molecule has 2 fully saturated rings. The van der Waals surface area contributed by atoms with Crippen molar-refractivity contribution < 1.29 is 14.3 Å². The number of carbonyl (C=O) groups excluding carboxylic acids is 2. The minimum atomic E-state index is -0.101. The van der Waals surface area contributed by atoms with Crippen molar-refractivity contribution in [2.24, 2.45) is 11.8 Å². The Labute approximate surface area is 109 Å². The second-order valence-electron chi connectivity index (χ2n) is 5.48. The summed E-state index contributed by atoms with van der Waals surface area (Å²) < 4.78 is 5.31. The fourth-order valence-electron chi connectivity index (χ4n) is 2.34. The molecule has 1 N–H and O–H groups in total. The van der Waals surface area contributed by atoms with Crippen LogP contribution in [-0.4, -0.2) is 24.0 Å². The third-order valence-electron chi connectivity index (χ3n) is 3.34. The molecule has 2 aliphatic heterocycles. The predicted molar refractivity (Wildman–Crippen MR) is 70.0 cm³/mol. The van der Waals surface area contributed by atoms with Gasteiger partial charge in [0.05, 0.1) is 12.0 Å². The van der Waals surface area contributed by atoms with E-state index >= 15 is 0 Å². The Morgan fingerprint density at radius 2 is 1.94 bits per heavy atom. The molecule has 2 rings (SSSR count). The average Bonchev–Trinajstić information content (AvgIpc) is 2.85. The maximum absolute atomic E-state index is 11.5. The van der Waals surface area contributed by atoms with Gasteiger partial charge in [0.25, 0.3) is 0 Å². The van der Waals surface area contributed by atoms with Crippen molar-refractivity contribution in [1.29, 1.82) is 0 Å². The van der Waals surface area contributed by atoms with E-state index in [1.807, 2.05) is 13.8 Å². The fraction of sp³-hybridized carbons (Fsp3) is 0.857. The van der Waals surface area contributed by atoms with E-state index in [1.165, 1.54) is 6.42 Å². The van der Waals surface area contributed by atoms with Crippen molar-refractivity contribution >= 4 is 11.9 Å². The van der Waals surface area contributed by atoms with Crippen LogP contribution in [0.25, 0.3) is 0 Å². The molecular formula is C14H25NO3. The van der Waals surface area contributed by atoms with Crippen molar-refractivity contribution in [2.45, 2.75) is 65.5 Å². The molecule has 2 saturated heterocycles. The van der Waals surface area contributed by atoms with Crippen molar-refractivity contribution in [3.8, 4) is 0 Å². The standard InChI is InChI=1S/C11H17NO3.C3H8/c1-6(2)7-5-9(15-11(7)14)8-3-4-10(13)12-8;1-3-2/h6-9H,3-5H2,1-2H3,(H,12,13);3H2,1-2H3/t7-,8?,9?;/m0./s1. The molecule has 0 aromatic rings. The molecule has 2 aliphatic rings. The first-order chi connectivity index (χ1) is 8.49. The molecule has 18 heavy (non-hydrogen) atoms. The second-order valence-corrected chi connectivity index (χ2v) is 5.48. The number of ether oxygens (including phenoxy) is 1. The monoisotopic (exact) mass is 255 g/mol. The van der Waals surface area contributed by atoms with Gasteiger partial charge >= 0.3 is 5.97 Å². The number of hydrogen-bond acceptors (Lipinski definition) is 3. The van der Waals surface area contributed by atoms with E-state index in [4.69, 9.17) is 4.74 Å². The van der Waals surface area contributed by atoms with Gasteiger partial charge < -0.3 is 10.1 Å². The van der Waals surface area contributed by atoms with Crippen LogP contribution in [0.2, 0.25) is 0 Å². The lowest BCUT2D eigenvalue weighted by Gasteiger charge is -2.16. The van der Waals surface area contributed by atoms with Gasteiger partial charge in [-0.05, 0) is 18.8 Å². The summed E-state index contributed by atoms with van der Waals surface area (Å²) in [6.45, 7) is 8.31. The lowest BCUT2D eigenvalue weighted by molar-refractivity contribution is -0.146. The molecule has 0 bridgehead atoms. The van der Waals surface area contributed by atoms with Crippen molar-refractivity contribution in [3.05, 3.63) is 0 Å². The Kier molecular flexibility index (Phi) is 5.63. The van der Waals surface area contributed by atoms with Crippen LogP contribution < -0.4 is 5.32 Å². The van der Waals surface area contributed by atoms with E-state index in [0.29, 0.717) is 12.3 Å². The van der Waals surface area contributed by atoms with Crippen molar-refractivity contribution in [2.75, 3.05) is 0 Å². The van der Waals surface area contributed by atoms with Crippen LogP contribution >= 0.6 is 0 Å². The fourth-order valence-corrected chi connectivity index (χ4v) is 2.34. The Bertz CT molecular complexity index is 301. The van der Waals surface area contributed by atoms with Crippen LogP contribution in [0, 0.1) is 11.8 Å². The van der Waals surface area contributed by atoms with E-state index in [0.717, 1.165) is 12.8 Å². The van der Waals surface area contributed by atoms with Crippen LogP contribution in [0.15, 0.2) is 0 Å². The zero-order valence-corrected chi connectivity index (χ0v) is 11.9. The Morgan fingerprint density at radius 1 is 1.33 bits per heavy atom. The molecule has 0 aliphatic carbocycles. The first kappa shape index (κ1) is 15.0. The average molecular weight is 255 g/mol. The minimum absolute atomic E-state index is 0.00695. The Morgan fingerprint density at radius 3 is 2.33 bits per heavy atom. The van der Waals surface area contributed by atoms with E-state index in [1.54, 1.807) is 0 Å². The van der Waals surface area contributed by atoms with Gasteiger partial charge in [0.2, 0.25) is 5.91 Å². The summed E-state index contributed by atoms with van der Waals surface area (Å²) in [5.74, 6) is 0.298. The van der Waals surface area contributed by atoms with Crippen molar-refractivity contribution in [3.63, 3.8) is 0 Å². The van der Waals surface area contributed by atoms with Crippen molar-refractivity contribution in [1.82, 2.24) is 5.32 Å². The number of amides is 1. The highest BCUT2D eigenvalue weighted by atomic mass is 16.6. The Hall–Kier alpha value is -1.06. The molecule has 0 aromatic carbocycles. The van der Waals surface area contributed by atoms with Gasteiger partial charge in [0.15, 0.2) is 0 Å². The van der Waals surface area contributed by atoms with Gasteiger partial charge in [0, 0.05) is 6.42 Å². The van der Waals surface area contributed by atoms with Crippen LogP contribution in [0.3, 0.4) is 0 Å². The smallest absolute Gasteiger partial charge is 0.309 e. The number of carbonyl (C=O) groups is 2. The summed E-state index contributed by atoms with van der Waals surface area (Å²) in [6.07, 6.45) is 3.25. The summed E-state index contributed by atoms with van der Waals surface area (Å²) in [6, 6.07) is 0.0465. The lowest BCUT2D eigenvalue weighted by atomic mass is 9.91. The minimum Gasteiger partial charge on any atom is -0.460 e. The molecule has 0 saturated carbocycles. The highest BCUT2D eigenvalue weighted by molar-refractivity contribution is 5.79. The first-order valence-electron chi connectivity index (χ1n) is 6.99. The molecule has 0 spiro atoms. The quantitative estimate of drug-likeness (QED) is 0.770. The number of cyclic esters (lactones) is 1. The molecule has 2 unspecified atom stereocenters. The highest BCUT2D eigenvalue weighted by Crippen LogP contribution is 2.31. The third-order valence-corrected chi connectivity index (χ3v) is 3.34. The summed E-state index contributed by atoms with van der Waals surface area (Å²) in [5, 5.41) is 2.86. The molecular weight excluding hydrogens is 230 g/mol. The number of nitrogens with one attached hydrogen (secondary N) is 1. The normalized spacial score (nSPS) is 30.8. The first-order valence-corrected chi connectivity index (χ1v) is 6.99. The zero-order valence-electron chi connectivity index (χ0n) is 11.9. The van der Waals surface area contributed by atoms with Gasteiger partial charge in [0.1, 0.15) is 6.10 Å². The lowest BCUT2D eigenvalue weighted by Crippen LogP contribution is -2.36. The van der Waals surface area contributed by atoms with Gasteiger partial charge in [-0.25, -0.2) is 0 Å². The van der Waals surface area contributed by atoms with E-state index in [2.05, 4.69) is 19.2 Å². The SMILES string of the molecule is CC(C)[C@@H]1CC(C2CCC(=O)N2)OC1=O.CCC. The zero-order chi connectivity index (χ0) is 13.7. The molecule has 3 atom stereocenters. The summed E-state index contributed by atoms with van der Waals surface area (Å²) in [4.78, 5) is 22.6. The third kappa shape index (κ3) is 3.72. The second kappa shape index (κ2) is 6.76. The molecule has 4 nitrogen and oxygen atoms in total. The van der Waals surface area contributed by atoms with Crippen LogP contribution in [0.5, 0.6) is 0 Å². The summed E-state index contributed by atoms with van der Waals surface area (Å²) in [7, 11) is 0. The predicted octanol–water partition coefficient (Wildman–Crippen LogP) is 2.27. The van der Waals surface area contributed by atoms with Gasteiger partial charge in [-0.2, -0.15) is 0 Å². The van der Waals surface area contributed by atoms with Crippen LogP contribution in [-0.2, 0) is 14.3 Å². The largest absolute Gasteiger partial charge is 0.460 e. The maximum atomic E-state index is 11.5. The summed E-state index contributed by atoms with van der Waals surface area (Å²) >= 11 is 0. The van der Waals surface area contributed by atoms with Gasteiger partial charge in [-0.3, -0.25) is 9.59 Å². The van der Waals surface area contributed by atoms with E-state index in [9.17, 15) is 9.59 Å². The molecule has 4 heteroatoms. The van der Waals surface area contributed by atoms with Crippen LogP contribution in [0.4, 0.5) is 0 Å². The highest BCUT2D eigenvalue weighted by Gasteiger charge is 2.42. The van der Waals surface area contributed by atoms with E-state index < -0.39 is 0 Å². The van der Waals surface area contributed by atoms with E-state index in [-0.39, 0.29) is 29.9 Å².